The quantitative estimate of drug-likeness (QED) is 0.590. The number of hydrogen-bond acceptors (Lipinski definition) is 2. The van der Waals surface area contributed by atoms with Crippen LogP contribution in [-0.4, -0.2) is 42.9 Å². The number of nitrogens with one attached hydrogen (secondary N) is 1. The van der Waals surface area contributed by atoms with Crippen molar-refractivity contribution in [3.05, 3.63) is 0 Å². The van der Waals surface area contributed by atoms with Crippen molar-refractivity contribution in [3.8, 4) is 0 Å². The summed E-state index contributed by atoms with van der Waals surface area (Å²) in [5, 5.41) is 3.58. The SMILES string of the molecule is CCCC1CC1NC(=NC)N1CCCC(CC(N)=O)C1. The van der Waals surface area contributed by atoms with Gasteiger partial charge in [0.05, 0.1) is 0 Å². The summed E-state index contributed by atoms with van der Waals surface area (Å²) in [6.45, 7) is 4.16. The molecule has 0 aromatic carbocycles. The molecule has 2 rings (SSSR count). The van der Waals surface area contributed by atoms with Crippen LogP contribution in [0.4, 0.5) is 0 Å². The van der Waals surface area contributed by atoms with Crippen molar-refractivity contribution in [1.82, 2.24) is 10.2 Å². The highest BCUT2D eigenvalue weighted by atomic mass is 16.1. The van der Waals surface area contributed by atoms with Gasteiger partial charge in [0, 0.05) is 32.6 Å². The first-order valence-electron chi connectivity index (χ1n) is 7.90. The molecule has 3 unspecified atom stereocenters. The number of carbonyl (C=O) groups excluding carboxylic acids is 1. The monoisotopic (exact) mass is 280 g/mol. The maximum Gasteiger partial charge on any atom is 0.217 e. The summed E-state index contributed by atoms with van der Waals surface area (Å²) in [4.78, 5) is 17.8. The van der Waals surface area contributed by atoms with E-state index in [0.717, 1.165) is 37.8 Å². The molecular weight excluding hydrogens is 252 g/mol. The number of rotatable bonds is 5. The Morgan fingerprint density at radius 2 is 2.30 bits per heavy atom. The highest BCUT2D eigenvalue weighted by Crippen LogP contribution is 2.34. The van der Waals surface area contributed by atoms with Gasteiger partial charge in [-0.15, -0.1) is 0 Å². The van der Waals surface area contributed by atoms with E-state index < -0.39 is 0 Å². The first kappa shape index (κ1) is 15.1. The lowest BCUT2D eigenvalue weighted by atomic mass is 9.95. The molecule has 1 heterocycles. The number of piperidine rings is 1. The number of likely N-dealkylation sites (tertiary alicyclic amines) is 1. The Hall–Kier alpha value is -1.26. The minimum absolute atomic E-state index is 0.190. The standard InChI is InChI=1S/C15H28N4O/c1-3-5-12-9-13(12)18-15(17-2)19-7-4-6-11(10-19)8-14(16)20/h11-13H,3-10H2,1-2H3,(H2,16,20)(H,17,18). The fourth-order valence-corrected chi connectivity index (χ4v) is 3.29. The zero-order chi connectivity index (χ0) is 14.5. The second-order valence-electron chi connectivity index (χ2n) is 6.21. The zero-order valence-electron chi connectivity index (χ0n) is 12.8. The summed E-state index contributed by atoms with van der Waals surface area (Å²) in [5.74, 6) is 2.01. The minimum atomic E-state index is -0.190. The highest BCUT2D eigenvalue weighted by molar-refractivity contribution is 5.81. The Labute approximate surface area is 122 Å². The minimum Gasteiger partial charge on any atom is -0.370 e. The molecule has 1 saturated carbocycles. The van der Waals surface area contributed by atoms with E-state index in [4.69, 9.17) is 5.73 Å². The lowest BCUT2D eigenvalue weighted by molar-refractivity contribution is -0.119. The molecule has 3 N–H and O–H groups in total. The van der Waals surface area contributed by atoms with E-state index in [2.05, 4.69) is 22.1 Å². The van der Waals surface area contributed by atoms with Crippen LogP contribution in [0.3, 0.4) is 0 Å². The molecule has 1 aliphatic heterocycles. The summed E-state index contributed by atoms with van der Waals surface area (Å²) in [6, 6.07) is 0.602. The summed E-state index contributed by atoms with van der Waals surface area (Å²) in [7, 11) is 1.84. The number of guanidine groups is 1. The number of primary amides is 1. The summed E-state index contributed by atoms with van der Waals surface area (Å²) in [5.41, 5.74) is 5.32. The van der Waals surface area contributed by atoms with Crippen molar-refractivity contribution in [2.45, 2.75) is 51.5 Å². The van der Waals surface area contributed by atoms with E-state index in [1.54, 1.807) is 0 Å². The lowest BCUT2D eigenvalue weighted by Crippen LogP contribution is -2.48. The van der Waals surface area contributed by atoms with Crippen LogP contribution < -0.4 is 11.1 Å². The third-order valence-electron chi connectivity index (χ3n) is 4.42. The smallest absolute Gasteiger partial charge is 0.217 e. The van der Waals surface area contributed by atoms with E-state index in [9.17, 15) is 4.79 Å². The fourth-order valence-electron chi connectivity index (χ4n) is 3.29. The summed E-state index contributed by atoms with van der Waals surface area (Å²) >= 11 is 0. The van der Waals surface area contributed by atoms with Crippen LogP contribution in [0, 0.1) is 11.8 Å². The Morgan fingerprint density at radius 3 is 2.95 bits per heavy atom. The molecule has 3 atom stereocenters. The van der Waals surface area contributed by atoms with Gasteiger partial charge in [0.1, 0.15) is 0 Å². The molecule has 5 heteroatoms. The Balaban J connectivity index is 1.83. The van der Waals surface area contributed by atoms with E-state index >= 15 is 0 Å². The van der Waals surface area contributed by atoms with Crippen LogP contribution in [0.25, 0.3) is 0 Å². The summed E-state index contributed by atoms with van der Waals surface area (Å²) < 4.78 is 0. The molecular formula is C15H28N4O. The predicted molar refractivity (Wildman–Crippen MR) is 81.4 cm³/mol. The van der Waals surface area contributed by atoms with Crippen LogP contribution in [0.5, 0.6) is 0 Å². The zero-order valence-corrected chi connectivity index (χ0v) is 12.8. The largest absolute Gasteiger partial charge is 0.370 e. The maximum absolute atomic E-state index is 11.1. The Morgan fingerprint density at radius 1 is 1.50 bits per heavy atom. The molecule has 114 valence electrons. The van der Waals surface area contributed by atoms with Gasteiger partial charge in [-0.05, 0) is 37.5 Å². The number of hydrogen-bond donors (Lipinski definition) is 2. The van der Waals surface area contributed by atoms with Crippen molar-refractivity contribution in [2.75, 3.05) is 20.1 Å². The van der Waals surface area contributed by atoms with Gasteiger partial charge in [0.25, 0.3) is 0 Å². The number of carbonyl (C=O) groups is 1. The Bertz CT molecular complexity index is 369. The fraction of sp³-hybridized carbons (Fsp3) is 0.867. The number of nitrogens with two attached hydrogens (primary N) is 1. The number of aliphatic imine (C=N–C) groups is 1. The van der Waals surface area contributed by atoms with Crippen LogP contribution in [0.1, 0.15) is 45.4 Å². The molecule has 0 aromatic rings. The first-order chi connectivity index (χ1) is 9.63. The average molecular weight is 280 g/mol. The van der Waals surface area contributed by atoms with Gasteiger partial charge in [-0.25, -0.2) is 0 Å². The van der Waals surface area contributed by atoms with Crippen LogP contribution >= 0.6 is 0 Å². The molecule has 0 bridgehead atoms. The van der Waals surface area contributed by atoms with Crippen LogP contribution in [0.15, 0.2) is 4.99 Å². The molecule has 0 radical (unpaired) electrons. The molecule has 0 aromatic heterocycles. The summed E-state index contributed by atoms with van der Waals surface area (Å²) in [6.07, 6.45) is 6.53. The van der Waals surface area contributed by atoms with Gasteiger partial charge in [-0.1, -0.05) is 13.3 Å². The number of nitrogens with zero attached hydrogens (tertiary/aromatic N) is 2. The van der Waals surface area contributed by atoms with Crippen LogP contribution in [0.2, 0.25) is 0 Å². The Kier molecular flexibility index (Phi) is 5.26. The second-order valence-corrected chi connectivity index (χ2v) is 6.21. The topological polar surface area (TPSA) is 70.7 Å². The third kappa shape index (κ3) is 4.12. The van der Waals surface area contributed by atoms with Gasteiger partial charge in [-0.2, -0.15) is 0 Å². The molecule has 0 spiro atoms. The predicted octanol–water partition coefficient (Wildman–Crippen LogP) is 1.34. The van der Waals surface area contributed by atoms with Gasteiger partial charge in [0.15, 0.2) is 5.96 Å². The molecule has 20 heavy (non-hydrogen) atoms. The van der Waals surface area contributed by atoms with Crippen molar-refractivity contribution >= 4 is 11.9 Å². The van der Waals surface area contributed by atoms with E-state index in [1.807, 2.05) is 7.05 Å². The van der Waals surface area contributed by atoms with E-state index in [1.165, 1.54) is 19.3 Å². The van der Waals surface area contributed by atoms with Gasteiger partial charge < -0.3 is 16.0 Å². The van der Waals surface area contributed by atoms with Crippen molar-refractivity contribution < 1.29 is 4.79 Å². The third-order valence-corrected chi connectivity index (χ3v) is 4.42. The lowest BCUT2D eigenvalue weighted by Gasteiger charge is -2.34. The van der Waals surface area contributed by atoms with Crippen molar-refractivity contribution in [2.24, 2.45) is 22.6 Å². The van der Waals surface area contributed by atoms with E-state index in [0.29, 0.717) is 18.4 Å². The second kappa shape index (κ2) is 6.95. The molecule has 1 aliphatic carbocycles. The highest BCUT2D eigenvalue weighted by Gasteiger charge is 2.37. The molecule has 1 amide bonds. The van der Waals surface area contributed by atoms with Gasteiger partial charge in [-0.3, -0.25) is 9.79 Å². The average Bonchev–Trinajstić information content (AvgIpc) is 3.14. The molecule has 1 saturated heterocycles. The van der Waals surface area contributed by atoms with E-state index in [-0.39, 0.29) is 5.91 Å². The normalized spacial score (nSPS) is 30.2. The van der Waals surface area contributed by atoms with Crippen molar-refractivity contribution in [3.63, 3.8) is 0 Å². The molecule has 2 aliphatic rings. The van der Waals surface area contributed by atoms with Crippen LogP contribution in [-0.2, 0) is 4.79 Å². The number of amides is 1. The van der Waals surface area contributed by atoms with Crippen molar-refractivity contribution in [1.29, 1.82) is 0 Å². The van der Waals surface area contributed by atoms with Gasteiger partial charge in [0.2, 0.25) is 5.91 Å². The maximum atomic E-state index is 11.1. The van der Waals surface area contributed by atoms with Gasteiger partial charge >= 0.3 is 0 Å². The molecule has 2 fully saturated rings. The first-order valence-corrected chi connectivity index (χ1v) is 7.90. The molecule has 5 nitrogen and oxygen atoms in total.